The zero-order valence-corrected chi connectivity index (χ0v) is 15.8. The van der Waals surface area contributed by atoms with Gasteiger partial charge in [-0.3, -0.25) is 4.99 Å². The van der Waals surface area contributed by atoms with Gasteiger partial charge in [-0.05, 0) is 38.8 Å². The van der Waals surface area contributed by atoms with E-state index < -0.39 is 0 Å². The van der Waals surface area contributed by atoms with Gasteiger partial charge in [-0.15, -0.1) is 0 Å². The first kappa shape index (κ1) is 19.3. The lowest BCUT2D eigenvalue weighted by Gasteiger charge is -2.22. The molecule has 0 saturated carbocycles. The fourth-order valence-corrected chi connectivity index (χ4v) is 2.61. The van der Waals surface area contributed by atoms with Crippen molar-refractivity contribution in [3.63, 3.8) is 0 Å². The molecule has 2 rings (SSSR count). The molecule has 5 heteroatoms. The predicted octanol–water partition coefficient (Wildman–Crippen LogP) is 3.01. The number of aliphatic imine (C=N–C) groups is 1. The van der Waals surface area contributed by atoms with Gasteiger partial charge in [0.25, 0.3) is 0 Å². The molecule has 5 nitrogen and oxygen atoms in total. The van der Waals surface area contributed by atoms with E-state index in [4.69, 9.17) is 14.5 Å². The molecule has 1 aliphatic heterocycles. The number of hydrogen-bond acceptors (Lipinski definition) is 3. The van der Waals surface area contributed by atoms with Gasteiger partial charge in [0.1, 0.15) is 12.4 Å². The molecule has 0 atom stereocenters. The molecule has 0 radical (unpaired) electrons. The highest BCUT2D eigenvalue weighted by molar-refractivity contribution is 5.79. The number of benzene rings is 1. The van der Waals surface area contributed by atoms with Crippen LogP contribution in [0, 0.1) is 6.92 Å². The summed E-state index contributed by atoms with van der Waals surface area (Å²) in [7, 11) is 2.05. The maximum atomic E-state index is 5.81. The summed E-state index contributed by atoms with van der Waals surface area (Å²) in [6.07, 6.45) is 4.23. The molecule has 1 aromatic carbocycles. The van der Waals surface area contributed by atoms with Crippen LogP contribution in [0.2, 0.25) is 0 Å². The fourth-order valence-electron chi connectivity index (χ4n) is 2.61. The molecule has 0 bridgehead atoms. The minimum Gasteiger partial charge on any atom is -0.492 e. The number of guanidine groups is 1. The zero-order valence-electron chi connectivity index (χ0n) is 15.8. The summed E-state index contributed by atoms with van der Waals surface area (Å²) in [6, 6.07) is 8.15. The van der Waals surface area contributed by atoms with Crippen LogP contribution in [0.4, 0.5) is 0 Å². The maximum absolute atomic E-state index is 5.81. The van der Waals surface area contributed by atoms with Crippen LogP contribution < -0.4 is 10.1 Å². The molecule has 0 fully saturated rings. The Morgan fingerprint density at radius 3 is 2.80 bits per heavy atom. The average Bonchev–Trinajstić information content (AvgIpc) is 2.63. The minimum atomic E-state index is 0.631. The summed E-state index contributed by atoms with van der Waals surface area (Å²) < 4.78 is 11.2. The zero-order chi connectivity index (χ0) is 17.9. The van der Waals surface area contributed by atoms with Crippen molar-refractivity contribution in [2.75, 3.05) is 46.5 Å². The third-order valence-corrected chi connectivity index (χ3v) is 4.16. The summed E-state index contributed by atoms with van der Waals surface area (Å²) in [5.41, 5.74) is 2.70. The number of nitrogens with one attached hydrogen (secondary N) is 1. The molecule has 1 heterocycles. The summed E-state index contributed by atoms with van der Waals surface area (Å²) >= 11 is 0. The van der Waals surface area contributed by atoms with E-state index in [9.17, 15) is 0 Å². The third kappa shape index (κ3) is 7.18. The molecule has 1 aromatic rings. The summed E-state index contributed by atoms with van der Waals surface area (Å²) in [5, 5.41) is 3.35. The second-order valence-electron chi connectivity index (χ2n) is 6.26. The van der Waals surface area contributed by atoms with Crippen molar-refractivity contribution in [1.29, 1.82) is 0 Å². The summed E-state index contributed by atoms with van der Waals surface area (Å²) in [5.74, 6) is 1.84. The molecule has 0 amide bonds. The second-order valence-corrected chi connectivity index (χ2v) is 6.26. The van der Waals surface area contributed by atoms with Crippen LogP contribution in [0.5, 0.6) is 5.75 Å². The second kappa shape index (κ2) is 10.8. The van der Waals surface area contributed by atoms with E-state index in [-0.39, 0.29) is 0 Å². The van der Waals surface area contributed by atoms with Crippen LogP contribution in [-0.4, -0.2) is 57.4 Å². The number of nitrogens with zero attached hydrogens (tertiary/aromatic N) is 2. The molecule has 25 heavy (non-hydrogen) atoms. The van der Waals surface area contributed by atoms with Crippen LogP contribution in [-0.2, 0) is 4.74 Å². The van der Waals surface area contributed by atoms with E-state index in [1.165, 1.54) is 11.1 Å². The quantitative estimate of drug-likeness (QED) is 0.447. The summed E-state index contributed by atoms with van der Waals surface area (Å²) in [6.45, 7) is 8.83. The molecule has 1 aliphatic rings. The Balaban J connectivity index is 1.77. The highest BCUT2D eigenvalue weighted by Crippen LogP contribution is 2.12. The molecule has 0 spiro atoms. The number of ether oxygens (including phenoxy) is 2. The standard InChI is InChI=1S/C20H31N3O2/c1-4-21-20(22-12-9-18-10-14-24-15-11-18)23(3)13-16-25-19-7-5-17(2)6-8-19/h5-8,10H,4,9,11-16H2,1-3H3,(H,21,22). The van der Waals surface area contributed by atoms with Gasteiger partial charge >= 0.3 is 0 Å². The smallest absolute Gasteiger partial charge is 0.193 e. The Kier molecular flexibility index (Phi) is 8.32. The molecule has 0 saturated heterocycles. The van der Waals surface area contributed by atoms with Crippen LogP contribution in [0.25, 0.3) is 0 Å². The van der Waals surface area contributed by atoms with Gasteiger partial charge in [0.15, 0.2) is 5.96 Å². The normalized spacial score (nSPS) is 14.8. The van der Waals surface area contributed by atoms with Crippen LogP contribution in [0.15, 0.2) is 40.9 Å². The Hall–Kier alpha value is -2.01. The summed E-state index contributed by atoms with van der Waals surface area (Å²) in [4.78, 5) is 6.86. The van der Waals surface area contributed by atoms with Gasteiger partial charge < -0.3 is 19.7 Å². The molecular weight excluding hydrogens is 314 g/mol. The highest BCUT2D eigenvalue weighted by Gasteiger charge is 2.07. The monoisotopic (exact) mass is 345 g/mol. The average molecular weight is 345 g/mol. The van der Waals surface area contributed by atoms with Crippen molar-refractivity contribution in [3.05, 3.63) is 41.5 Å². The maximum Gasteiger partial charge on any atom is 0.193 e. The topological polar surface area (TPSA) is 46.1 Å². The van der Waals surface area contributed by atoms with Gasteiger partial charge in [-0.2, -0.15) is 0 Å². The largest absolute Gasteiger partial charge is 0.492 e. The van der Waals surface area contributed by atoms with E-state index in [1.54, 1.807) is 0 Å². The Morgan fingerprint density at radius 2 is 2.12 bits per heavy atom. The van der Waals surface area contributed by atoms with Crippen molar-refractivity contribution in [2.24, 2.45) is 4.99 Å². The van der Waals surface area contributed by atoms with Crippen LogP contribution >= 0.6 is 0 Å². The van der Waals surface area contributed by atoms with Gasteiger partial charge in [0.05, 0.1) is 19.8 Å². The number of rotatable bonds is 8. The van der Waals surface area contributed by atoms with Gasteiger partial charge in [0.2, 0.25) is 0 Å². The van der Waals surface area contributed by atoms with Gasteiger partial charge in [-0.1, -0.05) is 29.3 Å². The van der Waals surface area contributed by atoms with Crippen LogP contribution in [0.1, 0.15) is 25.3 Å². The number of aryl methyl sites for hydroxylation is 1. The van der Waals surface area contributed by atoms with E-state index in [0.717, 1.165) is 57.4 Å². The first-order chi connectivity index (χ1) is 12.2. The third-order valence-electron chi connectivity index (χ3n) is 4.16. The number of hydrogen-bond donors (Lipinski definition) is 1. The Labute approximate surface area is 151 Å². The van der Waals surface area contributed by atoms with Crippen molar-refractivity contribution < 1.29 is 9.47 Å². The number of likely N-dealkylation sites (N-methyl/N-ethyl adjacent to an activating group) is 1. The lowest BCUT2D eigenvalue weighted by atomic mass is 10.1. The molecule has 0 aromatic heterocycles. The lowest BCUT2D eigenvalue weighted by molar-refractivity contribution is 0.153. The molecule has 0 aliphatic carbocycles. The molecule has 138 valence electrons. The molecule has 0 unspecified atom stereocenters. The Morgan fingerprint density at radius 1 is 1.32 bits per heavy atom. The highest BCUT2D eigenvalue weighted by atomic mass is 16.5. The lowest BCUT2D eigenvalue weighted by Crippen LogP contribution is -2.41. The first-order valence-corrected chi connectivity index (χ1v) is 9.13. The van der Waals surface area contributed by atoms with Crippen molar-refractivity contribution in [2.45, 2.75) is 26.7 Å². The van der Waals surface area contributed by atoms with E-state index in [1.807, 2.05) is 19.2 Å². The minimum absolute atomic E-state index is 0.631. The molecular formula is C20H31N3O2. The molecule has 1 N–H and O–H groups in total. The van der Waals surface area contributed by atoms with Crippen molar-refractivity contribution in [1.82, 2.24) is 10.2 Å². The van der Waals surface area contributed by atoms with Crippen LogP contribution in [0.3, 0.4) is 0 Å². The van der Waals surface area contributed by atoms with Crippen molar-refractivity contribution >= 4 is 5.96 Å². The first-order valence-electron chi connectivity index (χ1n) is 9.13. The predicted molar refractivity (Wildman–Crippen MR) is 103 cm³/mol. The van der Waals surface area contributed by atoms with E-state index >= 15 is 0 Å². The SMILES string of the molecule is CCNC(=NCCC1=CCOCC1)N(C)CCOc1ccc(C)cc1. The van der Waals surface area contributed by atoms with E-state index in [2.05, 4.69) is 42.3 Å². The fraction of sp³-hybridized carbons (Fsp3) is 0.550. The van der Waals surface area contributed by atoms with Crippen molar-refractivity contribution in [3.8, 4) is 5.75 Å². The Bertz CT molecular complexity index is 567. The van der Waals surface area contributed by atoms with Gasteiger partial charge in [0, 0.05) is 20.1 Å². The van der Waals surface area contributed by atoms with E-state index in [0.29, 0.717) is 6.61 Å². The van der Waals surface area contributed by atoms with Gasteiger partial charge in [-0.25, -0.2) is 0 Å².